The largest absolute Gasteiger partial charge is 0.497 e. The van der Waals surface area contributed by atoms with E-state index in [-0.39, 0.29) is 6.10 Å². The van der Waals surface area contributed by atoms with Gasteiger partial charge < -0.3 is 14.8 Å². The summed E-state index contributed by atoms with van der Waals surface area (Å²) < 4.78 is 10.9. The predicted octanol–water partition coefficient (Wildman–Crippen LogP) is 2.21. The zero-order chi connectivity index (χ0) is 11.8. The van der Waals surface area contributed by atoms with Crippen LogP contribution in [0.2, 0.25) is 0 Å². The zero-order valence-electron chi connectivity index (χ0n) is 10.3. The number of methoxy groups -OCH3 is 1. The highest BCUT2D eigenvalue weighted by Gasteiger charge is 2.02. The van der Waals surface area contributed by atoms with Crippen molar-refractivity contribution in [1.82, 2.24) is 5.32 Å². The Bertz CT molecular complexity index is 302. The second kappa shape index (κ2) is 7.25. The summed E-state index contributed by atoms with van der Waals surface area (Å²) in [7, 11) is 1.67. The highest BCUT2D eigenvalue weighted by atomic mass is 16.5. The van der Waals surface area contributed by atoms with Gasteiger partial charge in [-0.1, -0.05) is 19.1 Å². The van der Waals surface area contributed by atoms with Gasteiger partial charge in [0.1, 0.15) is 5.75 Å². The van der Waals surface area contributed by atoms with Crippen LogP contribution in [0.4, 0.5) is 0 Å². The second-order valence-corrected chi connectivity index (χ2v) is 3.78. The lowest BCUT2D eigenvalue weighted by molar-refractivity contribution is 0.0535. The summed E-state index contributed by atoms with van der Waals surface area (Å²) in [4.78, 5) is 0. The van der Waals surface area contributed by atoms with Gasteiger partial charge >= 0.3 is 0 Å². The van der Waals surface area contributed by atoms with Gasteiger partial charge in [0.2, 0.25) is 0 Å². The molecule has 0 aliphatic carbocycles. The number of benzene rings is 1. The molecule has 1 atom stereocenters. The summed E-state index contributed by atoms with van der Waals surface area (Å²) in [6.45, 7) is 6.66. The Kier molecular flexibility index (Phi) is 5.90. The minimum absolute atomic E-state index is 0.228. The van der Waals surface area contributed by atoms with Gasteiger partial charge in [0, 0.05) is 6.54 Å². The smallest absolute Gasteiger partial charge is 0.119 e. The molecule has 0 heterocycles. The van der Waals surface area contributed by atoms with E-state index >= 15 is 0 Å². The molecule has 90 valence electrons. The van der Waals surface area contributed by atoms with Crippen molar-refractivity contribution < 1.29 is 9.47 Å². The van der Waals surface area contributed by atoms with E-state index in [1.807, 2.05) is 24.3 Å². The van der Waals surface area contributed by atoms with Crippen LogP contribution in [0.5, 0.6) is 5.75 Å². The molecule has 0 bridgehead atoms. The molecular formula is C13H21NO2. The maximum absolute atomic E-state index is 5.71. The molecule has 0 spiro atoms. The van der Waals surface area contributed by atoms with Crippen LogP contribution in [0.25, 0.3) is 0 Å². The van der Waals surface area contributed by atoms with Crippen LogP contribution in [0.3, 0.4) is 0 Å². The maximum atomic E-state index is 5.71. The van der Waals surface area contributed by atoms with E-state index in [0.717, 1.165) is 24.4 Å². The van der Waals surface area contributed by atoms with Gasteiger partial charge in [0.05, 0.1) is 19.8 Å². The van der Waals surface area contributed by atoms with E-state index in [2.05, 4.69) is 19.2 Å². The molecule has 0 amide bonds. The van der Waals surface area contributed by atoms with Gasteiger partial charge in [-0.15, -0.1) is 0 Å². The van der Waals surface area contributed by atoms with Crippen molar-refractivity contribution >= 4 is 0 Å². The first-order valence-electron chi connectivity index (χ1n) is 5.71. The average molecular weight is 223 g/mol. The number of nitrogens with one attached hydrogen (secondary N) is 1. The summed E-state index contributed by atoms with van der Waals surface area (Å²) in [5.74, 6) is 0.875. The summed E-state index contributed by atoms with van der Waals surface area (Å²) >= 11 is 0. The van der Waals surface area contributed by atoms with Crippen LogP contribution in [0.15, 0.2) is 24.3 Å². The highest BCUT2D eigenvalue weighted by molar-refractivity contribution is 5.27. The molecule has 3 heteroatoms. The van der Waals surface area contributed by atoms with Crippen molar-refractivity contribution in [3.05, 3.63) is 29.8 Å². The van der Waals surface area contributed by atoms with Gasteiger partial charge in [-0.3, -0.25) is 0 Å². The summed E-state index contributed by atoms with van der Waals surface area (Å²) in [6.07, 6.45) is 0.228. The number of ether oxygens (including phenoxy) is 2. The van der Waals surface area contributed by atoms with Crippen LogP contribution < -0.4 is 10.1 Å². The fourth-order valence-electron chi connectivity index (χ4n) is 1.41. The average Bonchev–Trinajstić information content (AvgIpc) is 2.34. The van der Waals surface area contributed by atoms with E-state index in [0.29, 0.717) is 6.61 Å². The number of rotatable bonds is 7. The second-order valence-electron chi connectivity index (χ2n) is 3.78. The molecule has 1 aromatic carbocycles. The van der Waals surface area contributed by atoms with Crippen LogP contribution in [0.1, 0.15) is 19.4 Å². The Hall–Kier alpha value is -1.06. The van der Waals surface area contributed by atoms with Crippen molar-refractivity contribution in [2.24, 2.45) is 0 Å². The molecule has 0 aliphatic heterocycles. The number of likely N-dealkylation sites (N-methyl/N-ethyl adjacent to an activating group) is 1. The third kappa shape index (κ3) is 4.64. The van der Waals surface area contributed by atoms with Gasteiger partial charge in [-0.05, 0) is 31.2 Å². The molecule has 0 saturated carbocycles. The lowest BCUT2D eigenvalue weighted by atomic mass is 10.2. The summed E-state index contributed by atoms with van der Waals surface area (Å²) in [5, 5.41) is 3.26. The third-order valence-electron chi connectivity index (χ3n) is 2.35. The van der Waals surface area contributed by atoms with E-state index in [4.69, 9.17) is 9.47 Å². The molecule has 16 heavy (non-hydrogen) atoms. The highest BCUT2D eigenvalue weighted by Crippen LogP contribution is 2.13. The van der Waals surface area contributed by atoms with Crippen molar-refractivity contribution in [1.29, 1.82) is 0 Å². The molecule has 0 aromatic heterocycles. The molecule has 1 rings (SSSR count). The van der Waals surface area contributed by atoms with Crippen molar-refractivity contribution in [2.45, 2.75) is 26.6 Å². The SMILES string of the molecule is CCNCC(C)OCc1cccc(OC)c1. The van der Waals surface area contributed by atoms with Crippen molar-refractivity contribution in [3.8, 4) is 5.75 Å². The Morgan fingerprint density at radius 3 is 2.88 bits per heavy atom. The summed E-state index contributed by atoms with van der Waals surface area (Å²) in [5.41, 5.74) is 1.14. The topological polar surface area (TPSA) is 30.5 Å². The van der Waals surface area contributed by atoms with E-state index in [1.54, 1.807) is 7.11 Å². The first-order chi connectivity index (χ1) is 7.76. The molecule has 1 aromatic rings. The molecule has 0 saturated heterocycles. The monoisotopic (exact) mass is 223 g/mol. The minimum atomic E-state index is 0.228. The lowest BCUT2D eigenvalue weighted by Crippen LogP contribution is -2.26. The van der Waals surface area contributed by atoms with Crippen LogP contribution in [-0.4, -0.2) is 26.3 Å². The standard InChI is InChI=1S/C13H21NO2/c1-4-14-9-11(2)16-10-12-6-5-7-13(8-12)15-3/h5-8,11,14H,4,9-10H2,1-3H3. The van der Waals surface area contributed by atoms with E-state index in [1.165, 1.54) is 0 Å². The third-order valence-corrected chi connectivity index (χ3v) is 2.35. The fourth-order valence-corrected chi connectivity index (χ4v) is 1.41. The van der Waals surface area contributed by atoms with Gasteiger partial charge in [-0.2, -0.15) is 0 Å². The van der Waals surface area contributed by atoms with Crippen LogP contribution in [-0.2, 0) is 11.3 Å². The first kappa shape index (κ1) is 13.0. The summed E-state index contributed by atoms with van der Waals surface area (Å²) in [6, 6.07) is 7.96. The number of hydrogen-bond donors (Lipinski definition) is 1. The molecule has 0 radical (unpaired) electrons. The van der Waals surface area contributed by atoms with Crippen LogP contribution >= 0.6 is 0 Å². The van der Waals surface area contributed by atoms with Gasteiger partial charge in [0.25, 0.3) is 0 Å². The Morgan fingerprint density at radius 1 is 1.38 bits per heavy atom. The number of hydrogen-bond acceptors (Lipinski definition) is 3. The van der Waals surface area contributed by atoms with Gasteiger partial charge in [-0.25, -0.2) is 0 Å². The van der Waals surface area contributed by atoms with Crippen LogP contribution in [0, 0.1) is 0 Å². The lowest BCUT2D eigenvalue weighted by Gasteiger charge is -2.13. The van der Waals surface area contributed by atoms with Crippen molar-refractivity contribution in [3.63, 3.8) is 0 Å². The Morgan fingerprint density at radius 2 is 2.19 bits per heavy atom. The predicted molar refractivity (Wildman–Crippen MR) is 65.8 cm³/mol. The molecule has 0 aliphatic rings. The quantitative estimate of drug-likeness (QED) is 0.768. The molecule has 3 nitrogen and oxygen atoms in total. The van der Waals surface area contributed by atoms with E-state index in [9.17, 15) is 0 Å². The normalized spacial score (nSPS) is 12.4. The fraction of sp³-hybridized carbons (Fsp3) is 0.538. The maximum Gasteiger partial charge on any atom is 0.119 e. The van der Waals surface area contributed by atoms with E-state index < -0.39 is 0 Å². The molecule has 0 fully saturated rings. The van der Waals surface area contributed by atoms with Gasteiger partial charge in [0.15, 0.2) is 0 Å². The van der Waals surface area contributed by atoms with Crippen molar-refractivity contribution in [2.75, 3.05) is 20.2 Å². The zero-order valence-corrected chi connectivity index (χ0v) is 10.3. The molecule has 1 unspecified atom stereocenters. The first-order valence-corrected chi connectivity index (χ1v) is 5.71. The molecule has 1 N–H and O–H groups in total. The Balaban J connectivity index is 2.35. The minimum Gasteiger partial charge on any atom is -0.497 e. The Labute approximate surface area is 97.8 Å². The molecular weight excluding hydrogens is 202 g/mol.